The van der Waals surface area contributed by atoms with E-state index < -0.39 is 0 Å². The summed E-state index contributed by atoms with van der Waals surface area (Å²) in [5.41, 5.74) is 6.21. The van der Waals surface area contributed by atoms with Crippen molar-refractivity contribution in [2.24, 2.45) is 0 Å². The molecule has 0 atom stereocenters. The van der Waals surface area contributed by atoms with E-state index in [0.717, 1.165) is 28.2 Å². The summed E-state index contributed by atoms with van der Waals surface area (Å²) < 4.78 is 7.32. The molecule has 0 spiro atoms. The Morgan fingerprint density at radius 3 is 2.03 bits per heavy atom. The fraction of sp³-hybridized carbons (Fsp3) is 0.226. The molecule has 0 saturated carbocycles. The summed E-state index contributed by atoms with van der Waals surface area (Å²) in [6.07, 6.45) is 0. The molecule has 7 heteroatoms. The number of halogens is 1. The molecule has 0 aliphatic carbocycles. The van der Waals surface area contributed by atoms with Gasteiger partial charge in [-0.15, -0.1) is 0 Å². The summed E-state index contributed by atoms with van der Waals surface area (Å²) in [6.45, 7) is 5.97. The molecule has 1 aromatic heterocycles. The lowest BCUT2D eigenvalue weighted by molar-refractivity contribution is 0.0535. The average molecular weight is 528 g/mol. The standard InChI is InChI=1S/C31H30ClN3O3/c1-21-5-4-6-26(19-21)35-22(2)28(20-29(35)23-7-11-25(32)12-8-23)31(37)34-17-15-33(16-18-34)30(36)24-9-13-27(38-3)14-10-24/h4-14,19-20H,15-18H2,1-3H3. The molecule has 1 fully saturated rings. The quantitative estimate of drug-likeness (QED) is 0.319. The van der Waals surface area contributed by atoms with Gasteiger partial charge in [0.2, 0.25) is 0 Å². The Kier molecular flexibility index (Phi) is 7.25. The van der Waals surface area contributed by atoms with E-state index in [9.17, 15) is 9.59 Å². The van der Waals surface area contributed by atoms with Gasteiger partial charge in [-0.2, -0.15) is 0 Å². The number of ether oxygens (including phenoxy) is 1. The van der Waals surface area contributed by atoms with Gasteiger partial charge >= 0.3 is 0 Å². The van der Waals surface area contributed by atoms with Crippen LogP contribution in [0.1, 0.15) is 32.0 Å². The van der Waals surface area contributed by atoms with Crippen molar-refractivity contribution in [1.82, 2.24) is 14.4 Å². The van der Waals surface area contributed by atoms with Crippen LogP contribution in [0.4, 0.5) is 0 Å². The van der Waals surface area contributed by atoms with E-state index in [4.69, 9.17) is 16.3 Å². The monoisotopic (exact) mass is 527 g/mol. The Bertz CT molecular complexity index is 1470. The number of aromatic nitrogens is 1. The SMILES string of the molecule is COc1ccc(C(=O)N2CCN(C(=O)c3cc(-c4ccc(Cl)cc4)n(-c4cccc(C)c4)c3C)CC2)cc1. The van der Waals surface area contributed by atoms with E-state index >= 15 is 0 Å². The number of piperazine rings is 1. The minimum absolute atomic E-state index is 0.0272. The van der Waals surface area contributed by atoms with Gasteiger partial charge in [-0.1, -0.05) is 35.9 Å². The molecule has 0 N–H and O–H groups in total. The van der Waals surface area contributed by atoms with Crippen molar-refractivity contribution in [3.63, 3.8) is 0 Å². The second kappa shape index (κ2) is 10.8. The highest BCUT2D eigenvalue weighted by Crippen LogP contribution is 2.31. The molecule has 1 saturated heterocycles. The maximum absolute atomic E-state index is 13.8. The van der Waals surface area contributed by atoms with Crippen LogP contribution in [-0.4, -0.2) is 59.5 Å². The third-order valence-electron chi connectivity index (χ3n) is 7.07. The van der Waals surface area contributed by atoms with Crippen LogP contribution in [0.3, 0.4) is 0 Å². The van der Waals surface area contributed by atoms with Crippen LogP contribution >= 0.6 is 11.6 Å². The molecule has 194 valence electrons. The fourth-order valence-electron chi connectivity index (χ4n) is 4.96. The lowest BCUT2D eigenvalue weighted by atomic mass is 10.1. The largest absolute Gasteiger partial charge is 0.497 e. The third-order valence-corrected chi connectivity index (χ3v) is 7.32. The van der Waals surface area contributed by atoms with Gasteiger partial charge in [0.1, 0.15) is 5.75 Å². The van der Waals surface area contributed by atoms with Crippen molar-refractivity contribution in [2.75, 3.05) is 33.3 Å². The number of amides is 2. The minimum Gasteiger partial charge on any atom is -0.497 e. The van der Waals surface area contributed by atoms with E-state index in [1.807, 2.05) is 48.2 Å². The molecule has 5 rings (SSSR count). The van der Waals surface area contributed by atoms with Crippen molar-refractivity contribution in [3.8, 4) is 22.7 Å². The number of hydrogen-bond donors (Lipinski definition) is 0. The van der Waals surface area contributed by atoms with E-state index in [1.54, 1.807) is 36.3 Å². The number of carbonyl (C=O) groups excluding carboxylic acids is 2. The normalized spacial score (nSPS) is 13.5. The second-order valence-electron chi connectivity index (χ2n) is 9.52. The van der Waals surface area contributed by atoms with Gasteiger partial charge in [-0.05, 0) is 79.6 Å². The van der Waals surface area contributed by atoms with Crippen LogP contribution in [-0.2, 0) is 0 Å². The maximum atomic E-state index is 13.8. The predicted octanol–water partition coefficient (Wildman–Crippen LogP) is 6.02. The van der Waals surface area contributed by atoms with Crippen molar-refractivity contribution in [1.29, 1.82) is 0 Å². The van der Waals surface area contributed by atoms with Gasteiger partial charge in [0.05, 0.1) is 18.4 Å². The Balaban J connectivity index is 1.39. The predicted molar refractivity (Wildman–Crippen MR) is 150 cm³/mol. The molecule has 0 unspecified atom stereocenters. The topological polar surface area (TPSA) is 54.8 Å². The Hall–Kier alpha value is -4.03. The summed E-state index contributed by atoms with van der Waals surface area (Å²) in [5.74, 6) is 0.648. The molecule has 1 aliphatic heterocycles. The molecular formula is C31H30ClN3O3. The fourth-order valence-corrected chi connectivity index (χ4v) is 5.08. The van der Waals surface area contributed by atoms with Gasteiger partial charge in [-0.25, -0.2) is 0 Å². The molecular weight excluding hydrogens is 498 g/mol. The number of nitrogens with zero attached hydrogens (tertiary/aromatic N) is 3. The Labute approximate surface area is 228 Å². The zero-order valence-corrected chi connectivity index (χ0v) is 22.5. The minimum atomic E-state index is -0.0356. The molecule has 0 bridgehead atoms. The zero-order chi connectivity index (χ0) is 26.8. The zero-order valence-electron chi connectivity index (χ0n) is 21.8. The van der Waals surface area contributed by atoms with Gasteiger partial charge in [0.15, 0.2) is 0 Å². The molecule has 38 heavy (non-hydrogen) atoms. The summed E-state index contributed by atoms with van der Waals surface area (Å²) in [6, 6.07) is 25.0. The molecule has 6 nitrogen and oxygen atoms in total. The van der Waals surface area contributed by atoms with Crippen LogP contribution in [0, 0.1) is 13.8 Å². The summed E-state index contributed by atoms with van der Waals surface area (Å²) in [5, 5.41) is 0.664. The Morgan fingerprint density at radius 1 is 0.789 bits per heavy atom. The molecule has 0 radical (unpaired) electrons. The second-order valence-corrected chi connectivity index (χ2v) is 9.96. The first-order valence-electron chi connectivity index (χ1n) is 12.6. The van der Waals surface area contributed by atoms with Gasteiger partial charge in [0.25, 0.3) is 11.8 Å². The van der Waals surface area contributed by atoms with Gasteiger partial charge in [-0.3, -0.25) is 9.59 Å². The maximum Gasteiger partial charge on any atom is 0.255 e. The van der Waals surface area contributed by atoms with E-state index in [2.05, 4.69) is 29.7 Å². The molecule has 3 aromatic carbocycles. The smallest absolute Gasteiger partial charge is 0.255 e. The van der Waals surface area contributed by atoms with Crippen LogP contribution in [0.2, 0.25) is 5.02 Å². The van der Waals surface area contributed by atoms with Crippen molar-refractivity contribution >= 4 is 23.4 Å². The number of carbonyl (C=O) groups is 2. The van der Waals surface area contributed by atoms with Crippen LogP contribution in [0.5, 0.6) is 5.75 Å². The molecule has 1 aliphatic rings. The number of aryl methyl sites for hydroxylation is 1. The van der Waals surface area contributed by atoms with E-state index in [1.165, 1.54) is 0 Å². The first-order valence-corrected chi connectivity index (χ1v) is 13.0. The third kappa shape index (κ3) is 5.04. The summed E-state index contributed by atoms with van der Waals surface area (Å²) in [4.78, 5) is 30.4. The van der Waals surface area contributed by atoms with E-state index in [-0.39, 0.29) is 11.8 Å². The van der Waals surface area contributed by atoms with E-state index in [0.29, 0.717) is 48.1 Å². The molecule has 2 amide bonds. The van der Waals surface area contributed by atoms with Crippen LogP contribution < -0.4 is 4.74 Å². The number of benzene rings is 3. The summed E-state index contributed by atoms with van der Waals surface area (Å²) >= 11 is 6.15. The average Bonchev–Trinajstić information content (AvgIpc) is 3.29. The summed E-state index contributed by atoms with van der Waals surface area (Å²) in [7, 11) is 1.60. The van der Waals surface area contributed by atoms with Crippen molar-refractivity contribution < 1.29 is 14.3 Å². The number of rotatable bonds is 5. The van der Waals surface area contributed by atoms with Crippen molar-refractivity contribution in [2.45, 2.75) is 13.8 Å². The number of hydrogen-bond acceptors (Lipinski definition) is 3. The number of methoxy groups -OCH3 is 1. The highest BCUT2D eigenvalue weighted by molar-refractivity contribution is 6.30. The molecule has 2 heterocycles. The van der Waals surface area contributed by atoms with Crippen LogP contribution in [0.15, 0.2) is 78.9 Å². The molecule has 4 aromatic rings. The first kappa shape index (κ1) is 25.6. The lowest BCUT2D eigenvalue weighted by Gasteiger charge is -2.35. The van der Waals surface area contributed by atoms with Gasteiger partial charge < -0.3 is 19.1 Å². The van der Waals surface area contributed by atoms with Crippen LogP contribution in [0.25, 0.3) is 16.9 Å². The first-order chi connectivity index (χ1) is 18.4. The van der Waals surface area contributed by atoms with Gasteiger partial charge in [0, 0.05) is 48.1 Å². The highest BCUT2D eigenvalue weighted by atomic mass is 35.5. The van der Waals surface area contributed by atoms with Crippen molar-refractivity contribution in [3.05, 3.63) is 106 Å². The lowest BCUT2D eigenvalue weighted by Crippen LogP contribution is -2.50. The highest BCUT2D eigenvalue weighted by Gasteiger charge is 2.28. The Morgan fingerprint density at radius 2 is 1.42 bits per heavy atom.